The Bertz CT molecular complexity index is 1340. The van der Waals surface area contributed by atoms with Crippen LogP contribution in [-0.4, -0.2) is 14.5 Å². The van der Waals surface area contributed by atoms with Crippen LogP contribution < -0.4 is 10.3 Å². The van der Waals surface area contributed by atoms with Crippen LogP contribution in [0.2, 0.25) is 0 Å². The van der Waals surface area contributed by atoms with Crippen LogP contribution in [0.15, 0.2) is 71.7 Å². The normalized spacial score (nSPS) is 11.9. The summed E-state index contributed by atoms with van der Waals surface area (Å²) < 4.78 is 21.8. The van der Waals surface area contributed by atoms with Crippen molar-refractivity contribution in [3.63, 3.8) is 0 Å². The van der Waals surface area contributed by atoms with Gasteiger partial charge in [0.25, 0.3) is 0 Å². The topological polar surface area (TPSA) is 57.0 Å². The molecule has 5 nitrogen and oxygen atoms in total. The molecule has 0 spiro atoms. The van der Waals surface area contributed by atoms with Gasteiger partial charge < -0.3 is 9.30 Å². The molecule has 0 bridgehead atoms. The molecule has 4 rings (SSSR count). The van der Waals surface area contributed by atoms with E-state index < -0.39 is 5.82 Å². The van der Waals surface area contributed by atoms with Crippen LogP contribution in [0.25, 0.3) is 11.3 Å². The number of halogens is 1. The highest BCUT2D eigenvalue weighted by Crippen LogP contribution is 2.29. The second-order valence-corrected chi connectivity index (χ2v) is 8.58. The van der Waals surface area contributed by atoms with Crippen molar-refractivity contribution < 1.29 is 9.13 Å². The minimum Gasteiger partial charge on any atom is -0.421 e. The highest BCUT2D eigenvalue weighted by atomic mass is 19.1. The first kappa shape index (κ1) is 23.4. The van der Waals surface area contributed by atoms with Gasteiger partial charge in [0.15, 0.2) is 11.6 Å². The van der Waals surface area contributed by atoms with Gasteiger partial charge in [-0.2, -0.15) is 9.97 Å². The van der Waals surface area contributed by atoms with Crippen molar-refractivity contribution >= 4 is 0 Å². The van der Waals surface area contributed by atoms with Crippen LogP contribution in [-0.2, 0) is 19.9 Å². The lowest BCUT2D eigenvalue weighted by atomic mass is 9.94. The van der Waals surface area contributed by atoms with E-state index in [1.165, 1.54) is 27.8 Å². The van der Waals surface area contributed by atoms with Crippen LogP contribution in [0.4, 0.5) is 4.39 Å². The highest BCUT2D eigenvalue weighted by molar-refractivity contribution is 5.58. The number of benzene rings is 2. The molecule has 0 saturated heterocycles. The number of aryl methyl sites for hydroxylation is 3. The van der Waals surface area contributed by atoms with Crippen molar-refractivity contribution in [3.05, 3.63) is 105 Å². The summed E-state index contributed by atoms with van der Waals surface area (Å²) >= 11 is 0. The zero-order chi connectivity index (χ0) is 24.2. The van der Waals surface area contributed by atoms with Crippen LogP contribution in [0.1, 0.15) is 42.1 Å². The molecule has 0 fully saturated rings. The molecule has 0 aliphatic carbocycles. The molecule has 2 aromatic carbocycles. The first-order valence-corrected chi connectivity index (χ1v) is 11.4. The molecule has 0 aliphatic heterocycles. The number of nitrogens with zero attached hydrogens (tertiary/aromatic N) is 3. The summed E-state index contributed by atoms with van der Waals surface area (Å²) in [6.07, 6.45) is 3.37. The maximum absolute atomic E-state index is 14.4. The Morgan fingerprint density at radius 1 is 1.06 bits per heavy atom. The molecule has 0 N–H and O–H groups in total. The molecule has 4 aromatic rings. The number of hydrogen-bond donors (Lipinski definition) is 0. The zero-order valence-corrected chi connectivity index (χ0v) is 19.9. The Morgan fingerprint density at radius 2 is 1.82 bits per heavy atom. The van der Waals surface area contributed by atoms with E-state index in [0.29, 0.717) is 17.7 Å². The van der Waals surface area contributed by atoms with E-state index in [0.717, 1.165) is 17.7 Å². The lowest BCUT2D eigenvalue weighted by molar-refractivity contribution is 0.406. The van der Waals surface area contributed by atoms with Crippen LogP contribution >= 0.6 is 0 Å². The number of aromatic nitrogens is 3. The molecule has 0 amide bonds. The molecule has 1 unspecified atom stereocenters. The lowest BCUT2D eigenvalue weighted by Crippen LogP contribution is -2.14. The van der Waals surface area contributed by atoms with Crippen molar-refractivity contribution in [1.29, 1.82) is 0 Å². The fraction of sp³-hybridized carbons (Fsp3) is 0.250. The summed E-state index contributed by atoms with van der Waals surface area (Å²) in [5, 5.41) is 0. The number of para-hydroxylation sites is 1. The van der Waals surface area contributed by atoms with Gasteiger partial charge in [-0.15, -0.1) is 0 Å². The van der Waals surface area contributed by atoms with Gasteiger partial charge >= 0.3 is 6.01 Å². The first-order valence-electron chi connectivity index (χ1n) is 11.4. The van der Waals surface area contributed by atoms with Gasteiger partial charge in [-0.3, -0.25) is 4.79 Å². The van der Waals surface area contributed by atoms with Gasteiger partial charge in [-0.25, -0.2) is 4.39 Å². The lowest BCUT2D eigenvalue weighted by Gasteiger charge is -2.15. The SMILES string of the molecule is CCc1ccc(C(C)Cc2cc(-c3ccc(=O)n(C)c3)nc(Oc3c(C)cccc3F)n2)cc1. The third kappa shape index (κ3) is 5.22. The molecule has 2 heterocycles. The minimum atomic E-state index is -0.470. The zero-order valence-electron chi connectivity index (χ0n) is 19.9. The van der Waals surface area contributed by atoms with E-state index in [4.69, 9.17) is 4.74 Å². The monoisotopic (exact) mass is 457 g/mol. The van der Waals surface area contributed by atoms with Gasteiger partial charge in [-0.05, 0) is 60.6 Å². The van der Waals surface area contributed by atoms with Gasteiger partial charge in [0.2, 0.25) is 5.56 Å². The molecule has 2 aromatic heterocycles. The van der Waals surface area contributed by atoms with Crippen molar-refractivity contribution in [2.45, 2.75) is 39.5 Å². The summed E-state index contributed by atoms with van der Waals surface area (Å²) in [6, 6.07) is 18.6. The van der Waals surface area contributed by atoms with Gasteiger partial charge in [-0.1, -0.05) is 50.2 Å². The molecule has 0 saturated carbocycles. The Morgan fingerprint density at radius 3 is 2.50 bits per heavy atom. The van der Waals surface area contributed by atoms with Crippen molar-refractivity contribution in [3.8, 4) is 23.0 Å². The second-order valence-electron chi connectivity index (χ2n) is 8.58. The average Bonchev–Trinajstić information content (AvgIpc) is 2.83. The van der Waals surface area contributed by atoms with E-state index in [-0.39, 0.29) is 23.2 Å². The van der Waals surface area contributed by atoms with Crippen molar-refractivity contribution in [1.82, 2.24) is 14.5 Å². The summed E-state index contributed by atoms with van der Waals surface area (Å²) in [7, 11) is 1.69. The molecule has 34 heavy (non-hydrogen) atoms. The first-order chi connectivity index (χ1) is 16.3. The summed E-state index contributed by atoms with van der Waals surface area (Å²) in [4.78, 5) is 21.0. The van der Waals surface area contributed by atoms with E-state index in [1.54, 1.807) is 38.4 Å². The average molecular weight is 458 g/mol. The largest absolute Gasteiger partial charge is 0.421 e. The fourth-order valence-corrected chi connectivity index (χ4v) is 3.87. The fourth-order valence-electron chi connectivity index (χ4n) is 3.87. The highest BCUT2D eigenvalue weighted by Gasteiger charge is 2.16. The van der Waals surface area contributed by atoms with E-state index in [1.807, 2.05) is 6.07 Å². The Balaban J connectivity index is 1.72. The molecule has 0 radical (unpaired) electrons. The van der Waals surface area contributed by atoms with Crippen LogP contribution in [0.3, 0.4) is 0 Å². The number of rotatable bonds is 7. The maximum atomic E-state index is 14.4. The summed E-state index contributed by atoms with van der Waals surface area (Å²) in [6.45, 7) is 6.06. The third-order valence-corrected chi connectivity index (χ3v) is 5.97. The number of pyridine rings is 1. The molecule has 1 atom stereocenters. The smallest absolute Gasteiger partial charge is 0.322 e. The van der Waals surface area contributed by atoms with E-state index in [2.05, 4.69) is 48.1 Å². The molecular formula is C28H28FN3O2. The molecular weight excluding hydrogens is 429 g/mol. The molecule has 6 heteroatoms. The Labute approximate surface area is 198 Å². The standard InChI is InChI=1S/C28H28FN3O2/c1-5-20-9-11-21(12-10-20)19(3)15-23-16-25(22-13-14-26(33)32(4)17-22)31-28(30-23)34-27-18(2)7-6-8-24(27)29/h6-14,16-17,19H,5,15H2,1-4H3. The van der Waals surface area contributed by atoms with Crippen molar-refractivity contribution in [2.24, 2.45) is 7.05 Å². The third-order valence-electron chi connectivity index (χ3n) is 5.97. The number of ether oxygens (including phenoxy) is 1. The number of hydrogen-bond acceptors (Lipinski definition) is 4. The molecule has 174 valence electrons. The Hall–Kier alpha value is -3.80. The van der Waals surface area contributed by atoms with Gasteiger partial charge in [0.1, 0.15) is 0 Å². The Kier molecular flexibility index (Phi) is 6.87. The van der Waals surface area contributed by atoms with Crippen LogP contribution in [0.5, 0.6) is 11.8 Å². The minimum absolute atomic E-state index is 0.0723. The quantitative estimate of drug-likeness (QED) is 0.342. The van der Waals surface area contributed by atoms with E-state index >= 15 is 0 Å². The summed E-state index contributed by atoms with van der Waals surface area (Å²) in [5.74, 6) is -0.159. The maximum Gasteiger partial charge on any atom is 0.322 e. The van der Waals surface area contributed by atoms with Crippen LogP contribution in [0, 0.1) is 12.7 Å². The predicted octanol–water partition coefficient (Wildman–Crippen LogP) is 5.99. The van der Waals surface area contributed by atoms with Gasteiger partial charge in [0.05, 0.1) is 5.69 Å². The second kappa shape index (κ2) is 10.00. The predicted molar refractivity (Wildman–Crippen MR) is 132 cm³/mol. The summed E-state index contributed by atoms with van der Waals surface area (Å²) in [5.41, 5.74) is 5.19. The van der Waals surface area contributed by atoms with E-state index in [9.17, 15) is 9.18 Å². The van der Waals surface area contributed by atoms with Crippen molar-refractivity contribution in [2.75, 3.05) is 0 Å². The molecule has 0 aliphatic rings. The van der Waals surface area contributed by atoms with Gasteiger partial charge in [0, 0.05) is 30.6 Å².